The highest BCUT2D eigenvalue weighted by Crippen LogP contribution is 2.14. The van der Waals surface area contributed by atoms with Crippen molar-refractivity contribution >= 4 is 40.1 Å². The number of amides is 2. The van der Waals surface area contributed by atoms with Crippen LogP contribution in [-0.4, -0.2) is 16.2 Å². The van der Waals surface area contributed by atoms with Crippen LogP contribution in [0.1, 0.15) is 0 Å². The zero-order chi connectivity index (χ0) is 12.3. The SMILES string of the molecule is O=C(Nc1ccccc1)N1C=C(Cl)C(Cl)=NN1. The van der Waals surface area contributed by atoms with Gasteiger partial charge in [0.2, 0.25) is 0 Å². The number of para-hydroxylation sites is 1. The topological polar surface area (TPSA) is 56.7 Å². The first-order valence-corrected chi connectivity index (χ1v) is 5.44. The maximum Gasteiger partial charge on any atom is 0.346 e. The minimum Gasteiger partial charge on any atom is -0.306 e. The highest BCUT2D eigenvalue weighted by molar-refractivity contribution is 6.75. The summed E-state index contributed by atoms with van der Waals surface area (Å²) >= 11 is 11.4. The van der Waals surface area contributed by atoms with Gasteiger partial charge in [-0.3, -0.25) is 0 Å². The summed E-state index contributed by atoms with van der Waals surface area (Å²) in [5.74, 6) is 0. The predicted octanol–water partition coefficient (Wildman–Crippen LogP) is 2.67. The molecule has 0 fully saturated rings. The van der Waals surface area contributed by atoms with Crippen molar-refractivity contribution in [3.63, 3.8) is 0 Å². The van der Waals surface area contributed by atoms with Crippen molar-refractivity contribution in [1.29, 1.82) is 0 Å². The molecule has 0 aromatic heterocycles. The van der Waals surface area contributed by atoms with Crippen LogP contribution in [0.25, 0.3) is 0 Å². The Kier molecular flexibility index (Phi) is 3.51. The van der Waals surface area contributed by atoms with Gasteiger partial charge in [0.1, 0.15) is 0 Å². The van der Waals surface area contributed by atoms with E-state index in [2.05, 4.69) is 16.0 Å². The first kappa shape index (κ1) is 11.8. The maximum absolute atomic E-state index is 11.8. The van der Waals surface area contributed by atoms with E-state index in [9.17, 15) is 4.79 Å². The molecule has 1 aromatic carbocycles. The number of allylic oxidation sites excluding steroid dienone is 1. The van der Waals surface area contributed by atoms with E-state index >= 15 is 0 Å². The molecule has 1 heterocycles. The van der Waals surface area contributed by atoms with Crippen LogP contribution in [-0.2, 0) is 0 Å². The molecule has 0 radical (unpaired) electrons. The summed E-state index contributed by atoms with van der Waals surface area (Å²) in [6.07, 6.45) is 1.34. The molecular weight excluding hydrogens is 263 g/mol. The van der Waals surface area contributed by atoms with E-state index in [0.29, 0.717) is 5.69 Å². The molecule has 2 N–H and O–H groups in total. The second kappa shape index (κ2) is 5.07. The summed E-state index contributed by atoms with van der Waals surface area (Å²) in [4.78, 5) is 11.8. The molecule has 1 aliphatic rings. The van der Waals surface area contributed by atoms with E-state index in [1.165, 1.54) is 6.20 Å². The monoisotopic (exact) mass is 270 g/mol. The highest BCUT2D eigenvalue weighted by atomic mass is 35.5. The number of hydrogen-bond donors (Lipinski definition) is 2. The van der Waals surface area contributed by atoms with Gasteiger partial charge < -0.3 is 5.32 Å². The highest BCUT2D eigenvalue weighted by Gasteiger charge is 2.17. The number of carbonyl (C=O) groups is 1. The fourth-order valence-electron chi connectivity index (χ4n) is 1.16. The number of hydrazine groups is 1. The minimum atomic E-state index is -0.415. The number of benzene rings is 1. The number of hydrazone groups is 1. The van der Waals surface area contributed by atoms with Gasteiger partial charge in [0.15, 0.2) is 5.17 Å². The molecule has 0 saturated carbocycles. The van der Waals surface area contributed by atoms with Crippen LogP contribution in [0.5, 0.6) is 0 Å². The Bertz CT molecular complexity index is 486. The Morgan fingerprint density at radius 1 is 1.29 bits per heavy atom. The van der Waals surface area contributed by atoms with Crippen molar-refractivity contribution in [2.24, 2.45) is 5.10 Å². The molecule has 0 saturated heterocycles. The van der Waals surface area contributed by atoms with Crippen LogP contribution in [0, 0.1) is 0 Å². The Balaban J connectivity index is 2.03. The Morgan fingerprint density at radius 3 is 2.65 bits per heavy atom. The summed E-state index contributed by atoms with van der Waals surface area (Å²) < 4.78 is 0. The predicted molar refractivity (Wildman–Crippen MR) is 67.7 cm³/mol. The molecule has 0 bridgehead atoms. The first-order valence-electron chi connectivity index (χ1n) is 4.68. The van der Waals surface area contributed by atoms with Gasteiger partial charge in [0.05, 0.1) is 11.2 Å². The van der Waals surface area contributed by atoms with Gasteiger partial charge in [0, 0.05) is 5.69 Å². The summed E-state index contributed by atoms with van der Waals surface area (Å²) in [5, 5.41) is 7.70. The van der Waals surface area contributed by atoms with Crippen molar-refractivity contribution < 1.29 is 4.79 Å². The molecule has 2 rings (SSSR count). The van der Waals surface area contributed by atoms with Gasteiger partial charge in [-0.1, -0.05) is 41.4 Å². The molecule has 2 amide bonds. The summed E-state index contributed by atoms with van der Waals surface area (Å²) in [6.45, 7) is 0. The van der Waals surface area contributed by atoms with Gasteiger partial charge in [-0.25, -0.2) is 10.3 Å². The lowest BCUT2D eigenvalue weighted by molar-refractivity contribution is 0.211. The number of urea groups is 1. The average Bonchev–Trinajstić information content (AvgIpc) is 2.34. The lowest BCUT2D eigenvalue weighted by atomic mass is 10.3. The Morgan fingerprint density at radius 2 is 2.00 bits per heavy atom. The number of rotatable bonds is 1. The standard InChI is InChI=1S/C10H8Cl2N4O/c11-8-6-16(15-14-9(8)12)10(17)13-7-4-2-1-3-5-7/h1-6,15H,(H,13,17). The fourth-order valence-corrected chi connectivity index (χ4v) is 1.38. The van der Waals surface area contributed by atoms with Crippen LogP contribution in [0.15, 0.2) is 46.7 Å². The number of nitrogens with one attached hydrogen (secondary N) is 2. The maximum atomic E-state index is 11.8. The quantitative estimate of drug-likeness (QED) is 0.825. The lowest BCUT2D eigenvalue weighted by Crippen LogP contribution is -2.41. The van der Waals surface area contributed by atoms with Crippen molar-refractivity contribution in [3.05, 3.63) is 41.6 Å². The molecule has 88 valence electrons. The molecule has 5 nitrogen and oxygen atoms in total. The number of anilines is 1. The third-order valence-corrected chi connectivity index (χ3v) is 2.60. The molecule has 0 atom stereocenters. The van der Waals surface area contributed by atoms with Gasteiger partial charge in [-0.2, -0.15) is 5.01 Å². The van der Waals surface area contributed by atoms with Crippen LogP contribution in [0.4, 0.5) is 10.5 Å². The molecule has 0 aliphatic carbocycles. The van der Waals surface area contributed by atoms with Crippen molar-refractivity contribution in [2.45, 2.75) is 0 Å². The summed E-state index contributed by atoms with van der Waals surface area (Å²) in [7, 11) is 0. The number of carbonyl (C=O) groups excluding carboxylic acids is 1. The third kappa shape index (κ3) is 2.89. The smallest absolute Gasteiger partial charge is 0.306 e. The summed E-state index contributed by atoms with van der Waals surface area (Å²) in [5.41, 5.74) is 3.11. The number of halogens is 2. The zero-order valence-electron chi connectivity index (χ0n) is 8.52. The minimum absolute atomic E-state index is 0.107. The van der Waals surface area contributed by atoms with E-state index in [0.717, 1.165) is 5.01 Å². The largest absolute Gasteiger partial charge is 0.346 e. The van der Waals surface area contributed by atoms with Crippen molar-refractivity contribution in [1.82, 2.24) is 10.5 Å². The van der Waals surface area contributed by atoms with Crippen LogP contribution in [0.3, 0.4) is 0 Å². The van der Waals surface area contributed by atoms with Gasteiger partial charge in [-0.05, 0) is 12.1 Å². The average molecular weight is 271 g/mol. The van der Waals surface area contributed by atoms with E-state index in [-0.39, 0.29) is 10.2 Å². The molecule has 1 aromatic rings. The Labute approximate surface area is 108 Å². The lowest BCUT2D eigenvalue weighted by Gasteiger charge is -2.21. The number of hydrogen-bond acceptors (Lipinski definition) is 3. The van der Waals surface area contributed by atoms with Gasteiger partial charge >= 0.3 is 6.03 Å². The van der Waals surface area contributed by atoms with Gasteiger partial charge in [0.25, 0.3) is 0 Å². The molecule has 17 heavy (non-hydrogen) atoms. The fraction of sp³-hybridized carbons (Fsp3) is 0. The van der Waals surface area contributed by atoms with Crippen molar-refractivity contribution in [2.75, 3.05) is 5.32 Å². The molecule has 0 spiro atoms. The van der Waals surface area contributed by atoms with E-state index < -0.39 is 6.03 Å². The number of nitrogens with zero attached hydrogens (tertiary/aromatic N) is 2. The third-order valence-electron chi connectivity index (χ3n) is 1.94. The van der Waals surface area contributed by atoms with Crippen LogP contribution in [0.2, 0.25) is 0 Å². The van der Waals surface area contributed by atoms with Crippen molar-refractivity contribution in [3.8, 4) is 0 Å². The Hall–Kier alpha value is -1.72. The molecule has 0 unspecified atom stereocenters. The van der Waals surface area contributed by atoms with Crippen LogP contribution < -0.4 is 10.9 Å². The molecule has 1 aliphatic heterocycles. The second-order valence-electron chi connectivity index (χ2n) is 3.15. The van der Waals surface area contributed by atoms with Crippen LogP contribution >= 0.6 is 23.2 Å². The normalized spacial score (nSPS) is 14.6. The van der Waals surface area contributed by atoms with Gasteiger partial charge in [-0.15, -0.1) is 5.10 Å². The first-order chi connectivity index (χ1) is 8.16. The molecular formula is C10H8Cl2N4O. The van der Waals surface area contributed by atoms with E-state index in [1.807, 2.05) is 18.2 Å². The van der Waals surface area contributed by atoms with E-state index in [1.54, 1.807) is 12.1 Å². The summed E-state index contributed by atoms with van der Waals surface area (Å²) in [6, 6.07) is 8.61. The van der Waals surface area contributed by atoms with E-state index in [4.69, 9.17) is 23.2 Å². The zero-order valence-corrected chi connectivity index (χ0v) is 10.0. The molecule has 7 heteroatoms. The second-order valence-corrected chi connectivity index (χ2v) is 3.91.